The lowest BCUT2D eigenvalue weighted by atomic mass is 10.1. The summed E-state index contributed by atoms with van der Waals surface area (Å²) in [7, 11) is 0. The molecule has 2 aromatic heterocycles. The molecule has 0 atom stereocenters. The highest BCUT2D eigenvalue weighted by Crippen LogP contribution is 2.34. The number of aromatic nitrogens is 4. The summed E-state index contributed by atoms with van der Waals surface area (Å²) in [5.74, 6) is -0.749. The lowest BCUT2D eigenvalue weighted by Gasteiger charge is -2.16. The van der Waals surface area contributed by atoms with Gasteiger partial charge in [-0.05, 0) is 49.7 Å². The van der Waals surface area contributed by atoms with E-state index in [1.165, 1.54) is 52.2 Å². The Balaban J connectivity index is 1.59. The minimum absolute atomic E-state index is 0.0617. The molecular formula is C23H19F3N6O3. The number of nitro groups is 1. The predicted octanol–water partition coefficient (Wildman–Crippen LogP) is 4.53. The number of hydrogen-bond donors (Lipinski definition) is 1. The van der Waals surface area contributed by atoms with Crippen molar-refractivity contribution in [2.45, 2.75) is 26.6 Å². The number of nitrogens with one attached hydrogen (secondary N) is 1. The highest BCUT2D eigenvalue weighted by Gasteiger charge is 2.34. The molecule has 0 aliphatic carbocycles. The van der Waals surface area contributed by atoms with E-state index in [0.717, 1.165) is 12.1 Å². The molecule has 0 saturated heterocycles. The summed E-state index contributed by atoms with van der Waals surface area (Å²) in [5.41, 5.74) is 0.309. The minimum atomic E-state index is -4.67. The number of amides is 1. The number of carbonyl (C=O) groups excluding carboxylic acids is 1. The molecule has 0 fully saturated rings. The van der Waals surface area contributed by atoms with Crippen molar-refractivity contribution in [2.24, 2.45) is 0 Å². The fourth-order valence-corrected chi connectivity index (χ4v) is 3.71. The van der Waals surface area contributed by atoms with Gasteiger partial charge in [0, 0.05) is 36.3 Å². The Morgan fingerprint density at radius 3 is 2.51 bits per heavy atom. The second-order valence-corrected chi connectivity index (χ2v) is 7.79. The molecule has 180 valence electrons. The van der Waals surface area contributed by atoms with Crippen molar-refractivity contribution in [1.29, 1.82) is 0 Å². The monoisotopic (exact) mass is 484 g/mol. The van der Waals surface area contributed by atoms with Gasteiger partial charge in [0.05, 0.1) is 28.2 Å². The molecule has 0 bridgehead atoms. The van der Waals surface area contributed by atoms with Gasteiger partial charge < -0.3 is 9.88 Å². The van der Waals surface area contributed by atoms with Crippen molar-refractivity contribution in [3.05, 3.63) is 99.4 Å². The van der Waals surface area contributed by atoms with E-state index >= 15 is 0 Å². The van der Waals surface area contributed by atoms with Gasteiger partial charge in [-0.3, -0.25) is 14.9 Å². The van der Waals surface area contributed by atoms with Crippen LogP contribution in [0.3, 0.4) is 0 Å². The molecule has 35 heavy (non-hydrogen) atoms. The van der Waals surface area contributed by atoms with Crippen LogP contribution in [0.1, 0.15) is 32.9 Å². The van der Waals surface area contributed by atoms with Crippen molar-refractivity contribution >= 4 is 11.6 Å². The maximum absolute atomic E-state index is 13.8. The Hall–Kier alpha value is -4.48. The number of hydrogen-bond acceptors (Lipinski definition) is 5. The highest BCUT2D eigenvalue weighted by atomic mass is 19.4. The molecule has 1 N–H and O–H groups in total. The molecule has 0 spiro atoms. The van der Waals surface area contributed by atoms with Crippen LogP contribution in [0.4, 0.5) is 18.9 Å². The van der Waals surface area contributed by atoms with Crippen LogP contribution in [0.15, 0.2) is 61.2 Å². The molecule has 0 unspecified atom stereocenters. The average molecular weight is 484 g/mol. The number of imidazole rings is 1. The third kappa shape index (κ3) is 4.90. The number of alkyl halides is 3. The second-order valence-electron chi connectivity index (χ2n) is 7.79. The lowest BCUT2D eigenvalue weighted by molar-refractivity contribution is -0.384. The van der Waals surface area contributed by atoms with Gasteiger partial charge in [-0.2, -0.15) is 18.3 Å². The molecule has 12 heteroatoms. The van der Waals surface area contributed by atoms with Gasteiger partial charge >= 0.3 is 6.18 Å². The number of carbonyl (C=O) groups is 1. The van der Waals surface area contributed by atoms with Crippen LogP contribution >= 0.6 is 0 Å². The summed E-state index contributed by atoms with van der Waals surface area (Å²) in [5, 5.41) is 18.1. The Morgan fingerprint density at radius 1 is 1.14 bits per heavy atom. The SMILES string of the molecule is Cc1cc(C)n(-c2ccc(CNC(=O)c3ccc(-n4ccnc4)c([N+](=O)[O-])c3)c(C(F)(F)F)c2)n1. The summed E-state index contributed by atoms with van der Waals surface area (Å²) >= 11 is 0. The smallest absolute Gasteiger partial charge is 0.348 e. The van der Waals surface area contributed by atoms with Crippen LogP contribution in [0, 0.1) is 24.0 Å². The lowest BCUT2D eigenvalue weighted by Crippen LogP contribution is -2.25. The molecule has 4 aromatic rings. The van der Waals surface area contributed by atoms with Gasteiger partial charge in [-0.15, -0.1) is 0 Å². The number of benzene rings is 2. The first kappa shape index (κ1) is 23.7. The molecule has 2 heterocycles. The number of nitrogens with zero attached hydrogens (tertiary/aromatic N) is 5. The summed E-state index contributed by atoms with van der Waals surface area (Å²) in [6, 6.07) is 9.29. The summed E-state index contributed by atoms with van der Waals surface area (Å²) in [6.07, 6.45) is -0.340. The predicted molar refractivity (Wildman–Crippen MR) is 119 cm³/mol. The largest absolute Gasteiger partial charge is 0.416 e. The number of rotatable bonds is 6. The normalized spacial score (nSPS) is 11.5. The minimum Gasteiger partial charge on any atom is -0.348 e. The summed E-state index contributed by atoms with van der Waals surface area (Å²) in [6.45, 7) is 3.05. The zero-order chi connectivity index (χ0) is 25.3. The van der Waals surface area contributed by atoms with Gasteiger partial charge in [0.2, 0.25) is 0 Å². The summed E-state index contributed by atoms with van der Waals surface area (Å²) < 4.78 is 44.2. The molecule has 0 radical (unpaired) electrons. The van der Waals surface area contributed by atoms with Crippen molar-refractivity contribution < 1.29 is 22.9 Å². The molecular weight excluding hydrogens is 465 g/mol. The standard InChI is InChI=1S/C23H19F3N6O3/c1-14-9-15(2)31(29-14)18-5-3-17(19(11-18)23(24,25)26)12-28-22(33)16-4-6-20(21(10-16)32(34)35)30-8-7-27-13-30/h3-11,13H,12H2,1-2H3,(H,28,33). The van der Waals surface area contributed by atoms with E-state index in [0.29, 0.717) is 11.4 Å². The first-order valence-electron chi connectivity index (χ1n) is 10.3. The average Bonchev–Trinajstić information content (AvgIpc) is 3.45. The van der Waals surface area contributed by atoms with Crippen LogP contribution in [-0.4, -0.2) is 30.2 Å². The van der Waals surface area contributed by atoms with E-state index in [-0.39, 0.29) is 28.2 Å². The van der Waals surface area contributed by atoms with Crippen LogP contribution in [0.2, 0.25) is 0 Å². The van der Waals surface area contributed by atoms with E-state index < -0.39 is 29.1 Å². The Kier molecular flexibility index (Phi) is 6.12. The summed E-state index contributed by atoms with van der Waals surface area (Å²) in [4.78, 5) is 27.3. The van der Waals surface area contributed by atoms with Gasteiger partial charge in [-0.25, -0.2) is 9.67 Å². The van der Waals surface area contributed by atoms with Crippen molar-refractivity contribution in [2.75, 3.05) is 0 Å². The van der Waals surface area contributed by atoms with E-state index in [4.69, 9.17) is 0 Å². The Bertz CT molecular complexity index is 1410. The fraction of sp³-hybridized carbons (Fsp3) is 0.174. The maximum Gasteiger partial charge on any atom is 0.416 e. The van der Waals surface area contributed by atoms with Gasteiger partial charge in [0.25, 0.3) is 11.6 Å². The first-order valence-corrected chi connectivity index (χ1v) is 10.3. The van der Waals surface area contributed by atoms with E-state index in [2.05, 4.69) is 15.4 Å². The van der Waals surface area contributed by atoms with Crippen LogP contribution < -0.4 is 5.32 Å². The fourth-order valence-electron chi connectivity index (χ4n) is 3.71. The molecule has 9 nitrogen and oxygen atoms in total. The van der Waals surface area contributed by atoms with Gasteiger partial charge in [0.1, 0.15) is 5.69 Å². The first-order chi connectivity index (χ1) is 16.5. The zero-order valence-corrected chi connectivity index (χ0v) is 18.6. The van der Waals surface area contributed by atoms with Gasteiger partial charge in [-0.1, -0.05) is 6.07 Å². The third-order valence-corrected chi connectivity index (χ3v) is 5.31. The van der Waals surface area contributed by atoms with Crippen LogP contribution in [-0.2, 0) is 12.7 Å². The molecule has 2 aromatic carbocycles. The van der Waals surface area contributed by atoms with E-state index in [1.807, 2.05) is 0 Å². The molecule has 4 rings (SSSR count). The van der Waals surface area contributed by atoms with Crippen molar-refractivity contribution in [1.82, 2.24) is 24.6 Å². The topological polar surface area (TPSA) is 108 Å². The number of aryl methyl sites for hydroxylation is 2. The van der Waals surface area contributed by atoms with E-state index in [1.54, 1.807) is 19.9 Å². The highest BCUT2D eigenvalue weighted by molar-refractivity contribution is 5.95. The van der Waals surface area contributed by atoms with Gasteiger partial charge in [0.15, 0.2) is 0 Å². The van der Waals surface area contributed by atoms with E-state index in [9.17, 15) is 28.1 Å². The maximum atomic E-state index is 13.8. The van der Waals surface area contributed by atoms with Crippen molar-refractivity contribution in [3.63, 3.8) is 0 Å². The Labute approximate surface area is 197 Å². The Morgan fingerprint density at radius 2 is 1.91 bits per heavy atom. The molecule has 1 amide bonds. The number of nitro benzene ring substituents is 1. The van der Waals surface area contributed by atoms with Crippen LogP contribution in [0.25, 0.3) is 11.4 Å². The number of halogens is 3. The van der Waals surface area contributed by atoms with Crippen LogP contribution in [0.5, 0.6) is 0 Å². The molecule has 0 aliphatic heterocycles. The third-order valence-electron chi connectivity index (χ3n) is 5.31. The molecule has 0 saturated carbocycles. The van der Waals surface area contributed by atoms with Crippen molar-refractivity contribution in [3.8, 4) is 11.4 Å². The quantitative estimate of drug-likeness (QED) is 0.320. The zero-order valence-electron chi connectivity index (χ0n) is 18.6. The second kappa shape index (κ2) is 9.05. The molecule has 0 aliphatic rings.